The first-order valence-corrected chi connectivity index (χ1v) is 9.53. The van der Waals surface area contributed by atoms with E-state index in [-0.39, 0.29) is 5.92 Å². The Hall–Kier alpha value is -2.57. The number of pyridine rings is 1. The predicted octanol–water partition coefficient (Wildman–Crippen LogP) is 5.34. The van der Waals surface area contributed by atoms with Gasteiger partial charge in [0.15, 0.2) is 0 Å². The highest BCUT2D eigenvalue weighted by Crippen LogP contribution is 2.60. The number of carbonyl (C=O) groups excluding carboxylic acids is 1. The average Bonchev–Trinajstić information content (AvgIpc) is 3.33. The second-order valence-corrected chi connectivity index (χ2v) is 8.58. The summed E-state index contributed by atoms with van der Waals surface area (Å²) < 4.78 is 44.5. The van der Waals surface area contributed by atoms with Crippen molar-refractivity contribution in [2.24, 2.45) is 5.41 Å². The largest absolute Gasteiger partial charge is 0.444 e. The molecule has 1 aliphatic carbocycles. The molecular weight excluding hydrogens is 381 g/mol. The molecule has 1 aromatic carbocycles. The van der Waals surface area contributed by atoms with Crippen molar-refractivity contribution in [2.75, 3.05) is 6.54 Å². The first-order valence-electron chi connectivity index (χ1n) is 9.53. The summed E-state index contributed by atoms with van der Waals surface area (Å²) in [7, 11) is 0. The number of rotatable bonds is 5. The number of nitrogens with one attached hydrogen (secondary N) is 1. The Morgan fingerprint density at radius 1 is 1.14 bits per heavy atom. The van der Waals surface area contributed by atoms with Crippen molar-refractivity contribution in [1.82, 2.24) is 10.3 Å². The van der Waals surface area contributed by atoms with E-state index in [1.807, 2.05) is 30.3 Å². The molecule has 2 atom stereocenters. The molecule has 29 heavy (non-hydrogen) atoms. The summed E-state index contributed by atoms with van der Waals surface area (Å²) in [4.78, 5) is 16.0. The van der Waals surface area contributed by atoms with Gasteiger partial charge in [0.05, 0.1) is 0 Å². The van der Waals surface area contributed by atoms with Gasteiger partial charge in [-0.15, -0.1) is 0 Å². The number of amides is 1. The Morgan fingerprint density at radius 3 is 2.45 bits per heavy atom. The summed E-state index contributed by atoms with van der Waals surface area (Å²) in [5.74, 6) is -0.167. The van der Waals surface area contributed by atoms with Gasteiger partial charge in [-0.1, -0.05) is 36.4 Å². The second-order valence-electron chi connectivity index (χ2n) is 8.58. The standard InChI is InChI=1S/C22H25F3N2O2/c1-20(2,3)29-19(28)26-14-21(12-15-8-5-4-6-9-15)13-16(21)17-10-7-11-18(27-17)22(23,24)25/h4-11,16H,12-14H2,1-3H3,(H,26,28)/t16-,21+/m1/s1. The molecule has 4 nitrogen and oxygen atoms in total. The topological polar surface area (TPSA) is 51.2 Å². The highest BCUT2D eigenvalue weighted by Gasteiger charge is 2.55. The third kappa shape index (κ3) is 5.49. The van der Waals surface area contributed by atoms with Gasteiger partial charge in [-0.05, 0) is 51.3 Å². The van der Waals surface area contributed by atoms with Gasteiger partial charge in [-0.25, -0.2) is 9.78 Å². The van der Waals surface area contributed by atoms with Crippen LogP contribution in [0.1, 0.15) is 50.1 Å². The van der Waals surface area contributed by atoms with Gasteiger partial charge < -0.3 is 10.1 Å². The van der Waals surface area contributed by atoms with Crippen LogP contribution in [-0.2, 0) is 17.3 Å². The number of nitrogens with zero attached hydrogens (tertiary/aromatic N) is 1. The molecule has 1 saturated carbocycles. The zero-order valence-electron chi connectivity index (χ0n) is 16.7. The first kappa shape index (κ1) is 21.1. The smallest absolute Gasteiger partial charge is 0.433 e. The van der Waals surface area contributed by atoms with Crippen molar-refractivity contribution in [3.05, 3.63) is 65.5 Å². The van der Waals surface area contributed by atoms with Crippen LogP contribution in [0.4, 0.5) is 18.0 Å². The van der Waals surface area contributed by atoms with E-state index in [4.69, 9.17) is 4.74 Å². The van der Waals surface area contributed by atoms with Gasteiger partial charge in [0, 0.05) is 23.6 Å². The van der Waals surface area contributed by atoms with Gasteiger partial charge in [-0.3, -0.25) is 0 Å². The molecule has 1 heterocycles. The van der Waals surface area contributed by atoms with Crippen molar-refractivity contribution >= 4 is 6.09 Å². The van der Waals surface area contributed by atoms with Crippen molar-refractivity contribution in [3.8, 4) is 0 Å². The molecule has 7 heteroatoms. The lowest BCUT2D eigenvalue weighted by atomic mass is 9.92. The Morgan fingerprint density at radius 2 is 1.83 bits per heavy atom. The molecule has 0 radical (unpaired) electrons. The Kier molecular flexibility index (Phi) is 5.61. The van der Waals surface area contributed by atoms with Gasteiger partial charge in [0.1, 0.15) is 11.3 Å². The van der Waals surface area contributed by atoms with E-state index in [1.54, 1.807) is 26.8 Å². The fourth-order valence-corrected chi connectivity index (χ4v) is 3.59. The number of benzene rings is 1. The molecule has 0 saturated heterocycles. The number of hydrogen-bond donors (Lipinski definition) is 1. The van der Waals surface area contributed by atoms with Crippen molar-refractivity contribution in [2.45, 2.75) is 51.3 Å². The number of carbonyl (C=O) groups is 1. The monoisotopic (exact) mass is 406 g/mol. The highest BCUT2D eigenvalue weighted by molar-refractivity contribution is 5.67. The number of aromatic nitrogens is 1. The quantitative estimate of drug-likeness (QED) is 0.729. The minimum atomic E-state index is -4.48. The molecule has 0 aliphatic heterocycles. The Bertz CT molecular complexity index is 862. The third-order valence-electron chi connectivity index (χ3n) is 4.99. The van der Waals surface area contributed by atoms with Crippen molar-refractivity contribution in [1.29, 1.82) is 0 Å². The van der Waals surface area contributed by atoms with E-state index in [0.717, 1.165) is 11.6 Å². The lowest BCUT2D eigenvalue weighted by molar-refractivity contribution is -0.141. The number of hydrogen-bond acceptors (Lipinski definition) is 3. The fourth-order valence-electron chi connectivity index (χ4n) is 3.59. The summed E-state index contributed by atoms with van der Waals surface area (Å²) in [6.07, 6.45) is -3.74. The summed E-state index contributed by atoms with van der Waals surface area (Å²) in [6.45, 7) is 5.63. The predicted molar refractivity (Wildman–Crippen MR) is 103 cm³/mol. The van der Waals surface area contributed by atoms with E-state index >= 15 is 0 Å². The van der Waals surface area contributed by atoms with E-state index in [2.05, 4.69) is 10.3 Å². The van der Waals surface area contributed by atoms with Crippen LogP contribution in [0.25, 0.3) is 0 Å². The maximum absolute atomic E-state index is 13.1. The van der Waals surface area contributed by atoms with Crippen LogP contribution in [0.5, 0.6) is 0 Å². The van der Waals surface area contributed by atoms with Crippen LogP contribution in [0.15, 0.2) is 48.5 Å². The molecule has 0 spiro atoms. The number of halogens is 3. The van der Waals surface area contributed by atoms with Gasteiger partial charge in [0.2, 0.25) is 0 Å². The summed E-state index contributed by atoms with van der Waals surface area (Å²) in [5.41, 5.74) is -0.442. The number of alkyl halides is 3. The van der Waals surface area contributed by atoms with Crippen LogP contribution >= 0.6 is 0 Å². The number of alkyl carbamates (subject to hydrolysis) is 1. The van der Waals surface area contributed by atoms with Gasteiger partial charge in [0.25, 0.3) is 0 Å². The SMILES string of the molecule is CC(C)(C)OC(=O)NC[C@]1(Cc2ccccc2)C[C@@H]1c1cccc(C(F)(F)F)n1. The Labute approximate surface area is 168 Å². The second kappa shape index (κ2) is 7.69. The number of ether oxygens (including phenoxy) is 1. The average molecular weight is 406 g/mol. The highest BCUT2D eigenvalue weighted by atomic mass is 19.4. The third-order valence-corrected chi connectivity index (χ3v) is 4.99. The van der Waals surface area contributed by atoms with Crippen molar-refractivity contribution < 1.29 is 22.7 Å². The first-order chi connectivity index (χ1) is 13.5. The van der Waals surface area contributed by atoms with Gasteiger partial charge in [-0.2, -0.15) is 13.2 Å². The minimum Gasteiger partial charge on any atom is -0.444 e. The molecule has 1 aliphatic rings. The van der Waals surface area contributed by atoms with E-state index in [0.29, 0.717) is 25.1 Å². The van der Waals surface area contributed by atoms with Gasteiger partial charge >= 0.3 is 12.3 Å². The fraction of sp³-hybridized carbons (Fsp3) is 0.455. The van der Waals surface area contributed by atoms with E-state index in [1.165, 1.54) is 6.07 Å². The molecule has 0 bridgehead atoms. The van der Waals surface area contributed by atoms with Crippen LogP contribution in [-0.4, -0.2) is 23.2 Å². The van der Waals surface area contributed by atoms with Crippen LogP contribution in [0.2, 0.25) is 0 Å². The van der Waals surface area contributed by atoms with E-state index in [9.17, 15) is 18.0 Å². The molecule has 2 aromatic rings. The lowest BCUT2D eigenvalue weighted by Gasteiger charge is -2.23. The zero-order valence-corrected chi connectivity index (χ0v) is 16.7. The van der Waals surface area contributed by atoms with Crippen LogP contribution in [0, 0.1) is 5.41 Å². The van der Waals surface area contributed by atoms with Crippen molar-refractivity contribution in [3.63, 3.8) is 0 Å². The zero-order chi connectivity index (χ0) is 21.3. The summed E-state index contributed by atoms with van der Waals surface area (Å²) in [5, 5.41) is 2.80. The van der Waals surface area contributed by atoms with E-state index < -0.39 is 29.0 Å². The molecule has 3 rings (SSSR count). The molecule has 1 aromatic heterocycles. The summed E-state index contributed by atoms with van der Waals surface area (Å²) >= 11 is 0. The van der Waals surface area contributed by atoms with Crippen LogP contribution in [0.3, 0.4) is 0 Å². The minimum absolute atomic E-state index is 0.167. The molecule has 156 valence electrons. The molecular formula is C22H25F3N2O2. The molecule has 1 amide bonds. The summed E-state index contributed by atoms with van der Waals surface area (Å²) in [6, 6.07) is 13.7. The normalized spacial score (nSPS) is 21.5. The maximum atomic E-state index is 13.1. The molecule has 1 N–H and O–H groups in total. The van der Waals surface area contributed by atoms with Crippen LogP contribution < -0.4 is 5.32 Å². The lowest BCUT2D eigenvalue weighted by Crippen LogP contribution is -2.37. The Balaban J connectivity index is 1.80. The molecule has 0 unspecified atom stereocenters. The maximum Gasteiger partial charge on any atom is 0.433 e. The molecule has 1 fully saturated rings.